The molecule has 0 radical (unpaired) electrons. The molecule has 0 saturated heterocycles. The van der Waals surface area contributed by atoms with E-state index >= 15 is 0 Å². The van der Waals surface area contributed by atoms with Crippen LogP contribution in [0.4, 0.5) is 0 Å². The molecule has 0 saturated carbocycles. The maximum absolute atomic E-state index is 11.9. The average molecular weight is 253 g/mol. The number of aromatic amines is 1. The lowest BCUT2D eigenvalue weighted by molar-refractivity contribution is -0.660. The highest BCUT2D eigenvalue weighted by molar-refractivity contribution is 5.55. The van der Waals surface area contributed by atoms with Crippen molar-refractivity contribution in [2.24, 2.45) is 0 Å². The number of rotatable bonds is 2. The number of hydrogen-bond acceptors (Lipinski definition) is 2. The van der Waals surface area contributed by atoms with Crippen molar-refractivity contribution in [3.05, 3.63) is 70.6 Å². The molecule has 0 amide bonds. The van der Waals surface area contributed by atoms with Crippen LogP contribution >= 0.6 is 0 Å². The molecule has 1 aromatic heterocycles. The third kappa shape index (κ3) is 2.08. The molecular weight excluding hydrogens is 240 g/mol. The lowest BCUT2D eigenvalue weighted by Crippen LogP contribution is -2.35. The van der Waals surface area contributed by atoms with Crippen molar-refractivity contribution in [3.63, 3.8) is 0 Å². The summed E-state index contributed by atoms with van der Waals surface area (Å²) < 4.78 is 6.56. The van der Waals surface area contributed by atoms with Crippen molar-refractivity contribution >= 4 is 0 Å². The standard InChI is InChI=1S/C15H12N2O2/c1-11-7-9-12(10-8-11)14-15(18)19-16-17(14)13-5-3-2-4-6-13/h2-10H,1H3/p+1. The number of aryl methyl sites for hydroxylation is 1. The van der Waals surface area contributed by atoms with Gasteiger partial charge in [-0.05, 0) is 29.0 Å². The van der Waals surface area contributed by atoms with Gasteiger partial charge in [-0.25, -0.2) is 4.79 Å². The molecule has 0 aliphatic carbocycles. The van der Waals surface area contributed by atoms with Crippen LogP contribution in [0.15, 0.2) is 63.9 Å². The molecule has 0 bridgehead atoms. The van der Waals surface area contributed by atoms with Crippen LogP contribution in [0.5, 0.6) is 0 Å². The fraction of sp³-hybridized carbons (Fsp3) is 0.0667. The Kier molecular flexibility index (Phi) is 2.76. The van der Waals surface area contributed by atoms with Crippen molar-refractivity contribution in [2.45, 2.75) is 6.92 Å². The van der Waals surface area contributed by atoms with Crippen molar-refractivity contribution in [1.29, 1.82) is 0 Å². The first kappa shape index (κ1) is 11.5. The molecule has 0 aliphatic heterocycles. The van der Waals surface area contributed by atoms with Gasteiger partial charge in [-0.1, -0.05) is 35.9 Å². The van der Waals surface area contributed by atoms with E-state index in [1.165, 1.54) is 0 Å². The van der Waals surface area contributed by atoms with E-state index in [2.05, 4.69) is 5.27 Å². The molecule has 0 atom stereocenters. The molecule has 1 N–H and O–H groups in total. The Balaban J connectivity index is 2.19. The Labute approximate surface area is 109 Å². The second-order valence-corrected chi connectivity index (χ2v) is 4.37. The van der Waals surface area contributed by atoms with Crippen LogP contribution in [0.25, 0.3) is 16.9 Å². The Hall–Kier alpha value is -2.62. The van der Waals surface area contributed by atoms with E-state index in [1.54, 1.807) is 4.68 Å². The number of aromatic nitrogens is 2. The van der Waals surface area contributed by atoms with Gasteiger partial charge in [0.05, 0.1) is 5.56 Å². The van der Waals surface area contributed by atoms with Crippen LogP contribution < -0.4 is 10.3 Å². The smallest absolute Gasteiger partial charge is 0.282 e. The minimum atomic E-state index is -0.382. The average Bonchev–Trinajstić information content (AvgIpc) is 2.83. The molecule has 0 fully saturated rings. The van der Waals surface area contributed by atoms with Gasteiger partial charge in [0.15, 0.2) is 0 Å². The Morgan fingerprint density at radius 2 is 1.68 bits per heavy atom. The molecule has 4 nitrogen and oxygen atoms in total. The lowest BCUT2D eigenvalue weighted by atomic mass is 10.1. The van der Waals surface area contributed by atoms with Gasteiger partial charge >= 0.3 is 11.3 Å². The number of hydrogen-bond donors (Lipinski definition) is 1. The zero-order valence-corrected chi connectivity index (χ0v) is 10.5. The van der Waals surface area contributed by atoms with E-state index in [0.717, 1.165) is 16.8 Å². The molecule has 0 aliphatic rings. The van der Waals surface area contributed by atoms with Crippen molar-refractivity contribution in [2.75, 3.05) is 0 Å². The summed E-state index contributed by atoms with van der Waals surface area (Å²) in [6.07, 6.45) is 0. The molecule has 2 aromatic carbocycles. The molecule has 1 heterocycles. The van der Waals surface area contributed by atoms with E-state index in [9.17, 15) is 4.79 Å². The van der Waals surface area contributed by atoms with Crippen LogP contribution in [-0.2, 0) is 0 Å². The van der Waals surface area contributed by atoms with Gasteiger partial charge in [0.2, 0.25) is 5.69 Å². The highest BCUT2D eigenvalue weighted by Gasteiger charge is 2.24. The highest BCUT2D eigenvalue weighted by Crippen LogP contribution is 2.13. The minimum Gasteiger partial charge on any atom is -0.282 e. The minimum absolute atomic E-state index is 0.382. The highest BCUT2D eigenvalue weighted by atomic mass is 16.5. The maximum Gasteiger partial charge on any atom is 0.435 e. The fourth-order valence-electron chi connectivity index (χ4n) is 1.99. The molecular formula is C15H13N2O2+. The first-order chi connectivity index (χ1) is 9.25. The monoisotopic (exact) mass is 253 g/mol. The van der Waals surface area contributed by atoms with Crippen LogP contribution in [0.2, 0.25) is 0 Å². The number of benzene rings is 2. The van der Waals surface area contributed by atoms with Gasteiger partial charge in [0, 0.05) is 12.1 Å². The van der Waals surface area contributed by atoms with Crippen LogP contribution in [0.3, 0.4) is 0 Å². The fourth-order valence-corrected chi connectivity index (χ4v) is 1.99. The summed E-state index contributed by atoms with van der Waals surface area (Å²) in [5.74, 6) is 0. The second kappa shape index (κ2) is 4.57. The first-order valence-electron chi connectivity index (χ1n) is 6.02. The molecule has 19 heavy (non-hydrogen) atoms. The van der Waals surface area contributed by atoms with Crippen LogP contribution in [0, 0.1) is 6.92 Å². The Morgan fingerprint density at radius 3 is 2.37 bits per heavy atom. The number of H-pyrrole nitrogens is 1. The third-order valence-corrected chi connectivity index (χ3v) is 2.99. The molecule has 3 aromatic rings. The van der Waals surface area contributed by atoms with E-state index in [-0.39, 0.29) is 5.63 Å². The SMILES string of the molecule is Cc1ccc(-c2c(=O)o[nH][n+]2-c2ccccc2)cc1. The quantitative estimate of drug-likeness (QED) is 0.712. The van der Waals surface area contributed by atoms with Gasteiger partial charge in [-0.3, -0.25) is 4.52 Å². The topological polar surface area (TPSA) is 49.9 Å². The molecule has 3 rings (SSSR count). The zero-order chi connectivity index (χ0) is 13.2. The summed E-state index contributed by atoms with van der Waals surface area (Å²) >= 11 is 0. The normalized spacial score (nSPS) is 10.6. The van der Waals surface area contributed by atoms with Crippen LogP contribution in [0.1, 0.15) is 5.56 Å². The Bertz CT molecular complexity index is 740. The maximum atomic E-state index is 11.9. The number of para-hydroxylation sites is 1. The number of nitrogens with zero attached hydrogens (tertiary/aromatic N) is 1. The predicted molar refractivity (Wildman–Crippen MR) is 71.0 cm³/mol. The van der Waals surface area contributed by atoms with E-state index in [0.29, 0.717) is 5.69 Å². The van der Waals surface area contributed by atoms with Crippen LogP contribution in [-0.4, -0.2) is 5.27 Å². The van der Waals surface area contributed by atoms with Crippen molar-refractivity contribution in [1.82, 2.24) is 5.27 Å². The largest absolute Gasteiger partial charge is 0.435 e. The summed E-state index contributed by atoms with van der Waals surface area (Å²) in [6, 6.07) is 17.3. The summed E-state index contributed by atoms with van der Waals surface area (Å²) in [5, 5.41) is 2.63. The summed E-state index contributed by atoms with van der Waals surface area (Å²) in [5.41, 5.74) is 2.93. The van der Waals surface area contributed by atoms with Crippen molar-refractivity contribution < 1.29 is 9.20 Å². The summed E-state index contributed by atoms with van der Waals surface area (Å²) in [7, 11) is 0. The van der Waals surface area contributed by atoms with Gasteiger partial charge in [0.25, 0.3) is 0 Å². The lowest BCUT2D eigenvalue weighted by Gasteiger charge is -1.95. The van der Waals surface area contributed by atoms with Gasteiger partial charge in [-0.15, -0.1) is 0 Å². The number of nitrogens with one attached hydrogen (secondary N) is 1. The van der Waals surface area contributed by atoms with E-state index in [4.69, 9.17) is 4.52 Å². The molecule has 94 valence electrons. The molecule has 0 unspecified atom stereocenters. The predicted octanol–water partition coefficient (Wildman–Crippen LogP) is 2.22. The molecule has 0 spiro atoms. The Morgan fingerprint density at radius 1 is 1.00 bits per heavy atom. The van der Waals surface area contributed by atoms with E-state index in [1.807, 2.05) is 61.5 Å². The first-order valence-corrected chi connectivity index (χ1v) is 6.02. The van der Waals surface area contributed by atoms with Crippen molar-refractivity contribution in [3.8, 4) is 16.9 Å². The summed E-state index contributed by atoms with van der Waals surface area (Å²) in [4.78, 5) is 11.9. The van der Waals surface area contributed by atoms with Gasteiger partial charge in [-0.2, -0.15) is 0 Å². The third-order valence-electron chi connectivity index (χ3n) is 2.99. The van der Waals surface area contributed by atoms with Gasteiger partial charge in [0.1, 0.15) is 0 Å². The summed E-state index contributed by atoms with van der Waals surface area (Å²) in [6.45, 7) is 2.01. The van der Waals surface area contributed by atoms with E-state index < -0.39 is 0 Å². The van der Waals surface area contributed by atoms with Gasteiger partial charge < -0.3 is 0 Å². The zero-order valence-electron chi connectivity index (χ0n) is 10.5. The second-order valence-electron chi connectivity index (χ2n) is 4.37. The molecule has 4 heteroatoms.